The number of aromatic nitrogens is 1. The van der Waals surface area contributed by atoms with Gasteiger partial charge < -0.3 is 11.1 Å². The normalized spacial score (nSPS) is 11.5. The molecule has 0 spiro atoms. The first-order valence-corrected chi connectivity index (χ1v) is 5.24. The number of nitrogens with one attached hydrogen (secondary N) is 1. The van der Waals surface area contributed by atoms with E-state index in [1.807, 2.05) is 6.07 Å². The van der Waals surface area contributed by atoms with Crippen LogP contribution in [0.4, 0.5) is 0 Å². The Morgan fingerprint density at radius 2 is 2.40 bits per heavy atom. The lowest BCUT2D eigenvalue weighted by molar-refractivity contribution is 0.825. The zero-order chi connectivity index (χ0) is 11.1. The van der Waals surface area contributed by atoms with Gasteiger partial charge in [0.2, 0.25) is 0 Å². The minimum Gasteiger partial charge on any atom is -0.370 e. The third-order valence-corrected chi connectivity index (χ3v) is 2.00. The fourth-order valence-electron chi connectivity index (χ4n) is 0.985. The molecule has 0 aliphatic carbocycles. The van der Waals surface area contributed by atoms with E-state index in [4.69, 9.17) is 17.3 Å². The van der Waals surface area contributed by atoms with Gasteiger partial charge in [-0.05, 0) is 18.1 Å². The van der Waals surface area contributed by atoms with Gasteiger partial charge in [-0.25, -0.2) is 9.98 Å². The van der Waals surface area contributed by atoms with Crippen molar-refractivity contribution in [2.45, 2.75) is 19.9 Å². The van der Waals surface area contributed by atoms with Crippen molar-refractivity contribution in [2.24, 2.45) is 10.7 Å². The van der Waals surface area contributed by atoms with Crippen molar-refractivity contribution in [1.82, 2.24) is 10.3 Å². The van der Waals surface area contributed by atoms with E-state index in [1.54, 1.807) is 12.3 Å². The molecule has 0 bridgehead atoms. The van der Waals surface area contributed by atoms with Crippen LogP contribution < -0.4 is 11.1 Å². The average Bonchev–Trinajstić information content (AvgIpc) is 2.25. The summed E-state index contributed by atoms with van der Waals surface area (Å²) in [6, 6.07) is 3.62. The number of rotatable bonds is 4. The standard InChI is InChI=1S/C10H15ClN4/c1-2-5-13-10(12)15-7-8-3-4-9(11)14-6-8/h3-4,6H,2,5,7H2,1H3,(H3,12,13,15). The van der Waals surface area contributed by atoms with Crippen LogP contribution in [0.2, 0.25) is 5.15 Å². The molecular formula is C10H15ClN4. The maximum absolute atomic E-state index is 5.66. The molecule has 1 rings (SSSR count). The predicted molar refractivity (Wildman–Crippen MR) is 62.9 cm³/mol. The first-order valence-electron chi connectivity index (χ1n) is 4.86. The second kappa shape index (κ2) is 6.24. The fraction of sp³-hybridized carbons (Fsp3) is 0.400. The van der Waals surface area contributed by atoms with Crippen LogP contribution in [0, 0.1) is 0 Å². The van der Waals surface area contributed by atoms with Crippen molar-refractivity contribution in [3.05, 3.63) is 29.0 Å². The number of halogens is 1. The molecule has 3 N–H and O–H groups in total. The van der Waals surface area contributed by atoms with Gasteiger partial charge in [0.1, 0.15) is 5.15 Å². The summed E-state index contributed by atoms with van der Waals surface area (Å²) in [5.74, 6) is 0.465. The summed E-state index contributed by atoms with van der Waals surface area (Å²) in [6.07, 6.45) is 2.72. The van der Waals surface area contributed by atoms with Gasteiger partial charge in [-0.2, -0.15) is 0 Å². The van der Waals surface area contributed by atoms with E-state index >= 15 is 0 Å². The summed E-state index contributed by atoms with van der Waals surface area (Å²) in [7, 11) is 0. The smallest absolute Gasteiger partial charge is 0.188 e. The Kier molecular flexibility index (Phi) is 4.90. The largest absolute Gasteiger partial charge is 0.370 e. The maximum atomic E-state index is 5.66. The zero-order valence-electron chi connectivity index (χ0n) is 8.70. The molecule has 82 valence electrons. The number of hydrogen-bond donors (Lipinski definition) is 2. The minimum atomic E-state index is 0.465. The number of guanidine groups is 1. The van der Waals surface area contributed by atoms with E-state index in [0.29, 0.717) is 17.7 Å². The van der Waals surface area contributed by atoms with Crippen molar-refractivity contribution in [3.63, 3.8) is 0 Å². The molecule has 0 aliphatic heterocycles. The van der Waals surface area contributed by atoms with Crippen LogP contribution >= 0.6 is 11.6 Å². The highest BCUT2D eigenvalue weighted by atomic mass is 35.5. The summed E-state index contributed by atoms with van der Waals surface area (Å²) < 4.78 is 0. The van der Waals surface area contributed by atoms with E-state index in [1.165, 1.54) is 0 Å². The molecule has 0 amide bonds. The number of pyridine rings is 1. The van der Waals surface area contributed by atoms with Crippen molar-refractivity contribution >= 4 is 17.6 Å². The van der Waals surface area contributed by atoms with Crippen LogP contribution in [0.3, 0.4) is 0 Å². The van der Waals surface area contributed by atoms with Crippen LogP contribution in [-0.2, 0) is 6.54 Å². The molecule has 0 unspecified atom stereocenters. The van der Waals surface area contributed by atoms with Crippen molar-refractivity contribution < 1.29 is 0 Å². The number of hydrogen-bond acceptors (Lipinski definition) is 2. The quantitative estimate of drug-likeness (QED) is 0.465. The van der Waals surface area contributed by atoms with Gasteiger partial charge in [-0.15, -0.1) is 0 Å². The lowest BCUT2D eigenvalue weighted by atomic mass is 10.3. The first kappa shape index (κ1) is 11.8. The average molecular weight is 227 g/mol. The van der Waals surface area contributed by atoms with E-state index in [9.17, 15) is 0 Å². The van der Waals surface area contributed by atoms with Crippen molar-refractivity contribution in [3.8, 4) is 0 Å². The topological polar surface area (TPSA) is 63.3 Å². The number of aliphatic imine (C=N–C) groups is 1. The number of nitrogens with zero attached hydrogens (tertiary/aromatic N) is 2. The van der Waals surface area contributed by atoms with E-state index < -0.39 is 0 Å². The van der Waals surface area contributed by atoms with Crippen LogP contribution in [0.25, 0.3) is 0 Å². The van der Waals surface area contributed by atoms with E-state index in [0.717, 1.165) is 18.5 Å². The molecule has 4 nitrogen and oxygen atoms in total. The molecule has 5 heteroatoms. The SMILES string of the molecule is CCCNC(N)=NCc1ccc(Cl)nc1. The van der Waals surface area contributed by atoms with Gasteiger partial charge in [0.25, 0.3) is 0 Å². The Labute approximate surface area is 94.6 Å². The molecule has 15 heavy (non-hydrogen) atoms. The van der Waals surface area contributed by atoms with Crippen LogP contribution in [0.5, 0.6) is 0 Å². The van der Waals surface area contributed by atoms with Crippen molar-refractivity contribution in [2.75, 3.05) is 6.54 Å². The molecule has 0 radical (unpaired) electrons. The lowest BCUT2D eigenvalue weighted by Gasteiger charge is -2.03. The van der Waals surface area contributed by atoms with Crippen LogP contribution in [-0.4, -0.2) is 17.5 Å². The zero-order valence-corrected chi connectivity index (χ0v) is 9.46. The van der Waals surface area contributed by atoms with Gasteiger partial charge in [0, 0.05) is 12.7 Å². The molecule has 1 aromatic heterocycles. The highest BCUT2D eigenvalue weighted by Gasteiger charge is 1.93. The summed E-state index contributed by atoms with van der Waals surface area (Å²) in [4.78, 5) is 8.12. The second-order valence-electron chi connectivity index (χ2n) is 3.12. The Morgan fingerprint density at radius 1 is 1.60 bits per heavy atom. The predicted octanol–water partition coefficient (Wildman–Crippen LogP) is 1.55. The van der Waals surface area contributed by atoms with Crippen LogP contribution in [0.15, 0.2) is 23.3 Å². The molecule has 1 aromatic rings. The first-order chi connectivity index (χ1) is 7.22. The third-order valence-electron chi connectivity index (χ3n) is 1.78. The molecule has 0 aliphatic rings. The Morgan fingerprint density at radius 3 is 3.00 bits per heavy atom. The summed E-state index contributed by atoms with van der Waals surface area (Å²) >= 11 is 5.66. The Bertz CT molecular complexity index is 321. The van der Waals surface area contributed by atoms with Crippen molar-refractivity contribution in [1.29, 1.82) is 0 Å². The summed E-state index contributed by atoms with van der Waals surface area (Å²) in [5, 5.41) is 3.48. The van der Waals surface area contributed by atoms with E-state index in [2.05, 4.69) is 22.2 Å². The van der Waals surface area contributed by atoms with E-state index in [-0.39, 0.29) is 0 Å². The molecule has 0 saturated carbocycles. The lowest BCUT2D eigenvalue weighted by Crippen LogP contribution is -2.32. The minimum absolute atomic E-state index is 0.465. The highest BCUT2D eigenvalue weighted by Crippen LogP contribution is 2.05. The number of nitrogens with two attached hydrogens (primary N) is 1. The van der Waals surface area contributed by atoms with Gasteiger partial charge in [-0.3, -0.25) is 0 Å². The highest BCUT2D eigenvalue weighted by molar-refractivity contribution is 6.29. The van der Waals surface area contributed by atoms with Crippen LogP contribution in [0.1, 0.15) is 18.9 Å². The Balaban J connectivity index is 2.45. The molecule has 0 atom stereocenters. The van der Waals surface area contributed by atoms with Gasteiger partial charge in [0.15, 0.2) is 5.96 Å². The summed E-state index contributed by atoms with van der Waals surface area (Å²) in [5.41, 5.74) is 6.62. The second-order valence-corrected chi connectivity index (χ2v) is 3.50. The van der Waals surface area contributed by atoms with Gasteiger partial charge in [0.05, 0.1) is 6.54 Å². The van der Waals surface area contributed by atoms with Gasteiger partial charge in [-0.1, -0.05) is 24.6 Å². The monoisotopic (exact) mass is 226 g/mol. The molecular weight excluding hydrogens is 212 g/mol. The molecule has 0 saturated heterocycles. The fourth-order valence-corrected chi connectivity index (χ4v) is 1.10. The maximum Gasteiger partial charge on any atom is 0.188 e. The molecule has 0 fully saturated rings. The Hall–Kier alpha value is -1.29. The molecule has 0 aromatic carbocycles. The third kappa shape index (κ3) is 4.65. The molecule has 1 heterocycles. The van der Waals surface area contributed by atoms with Gasteiger partial charge >= 0.3 is 0 Å². The summed E-state index contributed by atoms with van der Waals surface area (Å²) in [6.45, 7) is 3.43.